The van der Waals surface area contributed by atoms with Crippen molar-refractivity contribution in [1.82, 2.24) is 9.55 Å². The summed E-state index contributed by atoms with van der Waals surface area (Å²) in [7, 11) is 1.63. The van der Waals surface area contributed by atoms with Crippen molar-refractivity contribution in [2.45, 2.75) is 12.8 Å². The number of aryl methyl sites for hydroxylation is 1. The van der Waals surface area contributed by atoms with Gasteiger partial charge in [-0.05, 0) is 30.7 Å². The van der Waals surface area contributed by atoms with Gasteiger partial charge < -0.3 is 9.15 Å². The Labute approximate surface area is 170 Å². The highest BCUT2D eigenvalue weighted by Crippen LogP contribution is 2.47. The van der Waals surface area contributed by atoms with Crippen LogP contribution < -0.4 is 15.9 Å². The number of fused-ring (bicyclic) bond motifs is 4. The van der Waals surface area contributed by atoms with Crippen LogP contribution in [-0.4, -0.2) is 9.55 Å². The van der Waals surface area contributed by atoms with E-state index in [1.54, 1.807) is 50.4 Å². The molecule has 0 saturated carbocycles. The van der Waals surface area contributed by atoms with Crippen LogP contribution in [0.4, 0.5) is 0 Å². The van der Waals surface area contributed by atoms with Crippen LogP contribution >= 0.6 is 11.6 Å². The predicted octanol–water partition coefficient (Wildman–Crippen LogP) is 4.13. The maximum atomic E-state index is 13.2. The Morgan fingerprint density at radius 1 is 1.03 bits per heavy atom. The molecule has 3 heterocycles. The minimum absolute atomic E-state index is 0.179. The molecule has 0 aliphatic carbocycles. The van der Waals surface area contributed by atoms with Gasteiger partial charge in [-0.25, -0.2) is 4.79 Å². The maximum Gasteiger partial charge on any atom is 0.344 e. The smallest absolute Gasteiger partial charge is 0.344 e. The molecule has 5 rings (SSSR count). The summed E-state index contributed by atoms with van der Waals surface area (Å²) in [5.41, 5.74) is 0.657. The van der Waals surface area contributed by atoms with Crippen molar-refractivity contribution in [3.8, 4) is 11.6 Å². The fourth-order valence-electron chi connectivity index (χ4n) is 3.78. The SMILES string of the molecule is Cc1nc2c(c(=O)n1C)C(c1ccccc1Cl)c1c(c3ccccc3oc1=O)O2. The van der Waals surface area contributed by atoms with Crippen molar-refractivity contribution in [3.63, 3.8) is 0 Å². The summed E-state index contributed by atoms with van der Waals surface area (Å²) in [6.45, 7) is 1.72. The van der Waals surface area contributed by atoms with Gasteiger partial charge in [0.05, 0.1) is 22.4 Å². The molecule has 29 heavy (non-hydrogen) atoms. The fraction of sp³-hybridized carbons (Fsp3) is 0.136. The lowest BCUT2D eigenvalue weighted by molar-refractivity contribution is 0.415. The van der Waals surface area contributed by atoms with Gasteiger partial charge in [-0.1, -0.05) is 41.9 Å². The number of hydrogen-bond donors (Lipinski definition) is 0. The number of benzene rings is 2. The molecule has 144 valence electrons. The van der Waals surface area contributed by atoms with Gasteiger partial charge in [0.25, 0.3) is 5.56 Å². The van der Waals surface area contributed by atoms with Gasteiger partial charge in [0.15, 0.2) is 5.75 Å². The van der Waals surface area contributed by atoms with Crippen LogP contribution in [0.2, 0.25) is 5.02 Å². The summed E-state index contributed by atoms with van der Waals surface area (Å²) in [5.74, 6) is 0.269. The quantitative estimate of drug-likeness (QED) is 0.391. The summed E-state index contributed by atoms with van der Waals surface area (Å²) >= 11 is 6.48. The Bertz CT molecular complexity index is 1420. The summed E-state index contributed by atoms with van der Waals surface area (Å²) in [4.78, 5) is 30.7. The summed E-state index contributed by atoms with van der Waals surface area (Å²) < 4.78 is 13.0. The zero-order valence-electron chi connectivity index (χ0n) is 15.6. The number of halogens is 1. The Kier molecular flexibility index (Phi) is 3.86. The number of nitrogens with zero attached hydrogens (tertiary/aromatic N) is 2. The summed E-state index contributed by atoms with van der Waals surface area (Å²) in [5, 5.41) is 1.07. The molecular weight excluding hydrogens is 392 g/mol. The molecule has 0 bridgehead atoms. The topological polar surface area (TPSA) is 74.3 Å². The van der Waals surface area contributed by atoms with Gasteiger partial charge in [-0.2, -0.15) is 4.98 Å². The van der Waals surface area contributed by atoms with Gasteiger partial charge in [-0.3, -0.25) is 9.36 Å². The Hall–Kier alpha value is -3.38. The summed E-state index contributed by atoms with van der Waals surface area (Å²) in [6, 6.07) is 14.2. The number of para-hydroxylation sites is 1. The molecule has 0 saturated heterocycles. The van der Waals surface area contributed by atoms with E-state index in [4.69, 9.17) is 20.8 Å². The molecule has 7 heteroatoms. The second-order valence-electron chi connectivity index (χ2n) is 6.93. The molecule has 0 fully saturated rings. The van der Waals surface area contributed by atoms with Crippen LogP contribution in [0.5, 0.6) is 11.6 Å². The zero-order valence-corrected chi connectivity index (χ0v) is 16.4. The lowest BCUT2D eigenvalue weighted by Crippen LogP contribution is -2.32. The number of aromatic nitrogens is 2. The molecule has 4 aromatic rings. The predicted molar refractivity (Wildman–Crippen MR) is 109 cm³/mol. The molecule has 1 atom stereocenters. The second-order valence-corrected chi connectivity index (χ2v) is 7.33. The van der Waals surface area contributed by atoms with Gasteiger partial charge in [-0.15, -0.1) is 0 Å². The van der Waals surface area contributed by atoms with Crippen molar-refractivity contribution >= 4 is 22.6 Å². The number of rotatable bonds is 1. The first-order chi connectivity index (χ1) is 14.0. The van der Waals surface area contributed by atoms with Gasteiger partial charge in [0, 0.05) is 12.1 Å². The van der Waals surface area contributed by atoms with Crippen molar-refractivity contribution in [3.05, 3.63) is 96.8 Å². The maximum absolute atomic E-state index is 13.2. The van der Waals surface area contributed by atoms with Crippen molar-refractivity contribution in [2.24, 2.45) is 7.05 Å². The van der Waals surface area contributed by atoms with E-state index >= 15 is 0 Å². The third-order valence-electron chi connectivity index (χ3n) is 5.31. The molecule has 6 nitrogen and oxygen atoms in total. The molecule has 0 spiro atoms. The largest absolute Gasteiger partial charge is 0.437 e. The highest BCUT2D eigenvalue weighted by atomic mass is 35.5. The molecule has 1 unspecified atom stereocenters. The van der Waals surface area contributed by atoms with E-state index in [0.29, 0.717) is 33.1 Å². The normalized spacial score (nSPS) is 14.9. The minimum atomic E-state index is -0.755. The van der Waals surface area contributed by atoms with E-state index in [1.807, 2.05) is 12.1 Å². The molecule has 1 aliphatic heterocycles. The second kappa shape index (κ2) is 6.32. The lowest BCUT2D eigenvalue weighted by Gasteiger charge is -2.28. The van der Waals surface area contributed by atoms with Gasteiger partial charge in [0.1, 0.15) is 11.4 Å². The first kappa shape index (κ1) is 17.7. The van der Waals surface area contributed by atoms with E-state index in [-0.39, 0.29) is 22.6 Å². The van der Waals surface area contributed by atoms with Crippen LogP contribution in [0.3, 0.4) is 0 Å². The third-order valence-corrected chi connectivity index (χ3v) is 5.65. The van der Waals surface area contributed by atoms with Crippen LogP contribution in [0, 0.1) is 6.92 Å². The van der Waals surface area contributed by atoms with Crippen LogP contribution in [0.1, 0.15) is 28.4 Å². The van der Waals surface area contributed by atoms with Gasteiger partial charge >= 0.3 is 5.63 Å². The number of ether oxygens (including phenoxy) is 1. The molecule has 0 amide bonds. The standard InChI is InChI=1S/C22H15ClN2O4/c1-11-24-20-18(21(26)25(11)2)16(12-7-3-5-9-14(12)23)17-19(29-20)13-8-4-6-10-15(13)28-22(17)27/h3-10,16H,1-2H3. The Balaban J connectivity index is 1.96. The van der Waals surface area contributed by atoms with E-state index in [0.717, 1.165) is 0 Å². The van der Waals surface area contributed by atoms with Gasteiger partial charge in [0.2, 0.25) is 5.88 Å². The van der Waals surface area contributed by atoms with E-state index < -0.39 is 11.5 Å². The van der Waals surface area contributed by atoms with E-state index in [9.17, 15) is 9.59 Å². The first-order valence-corrected chi connectivity index (χ1v) is 9.40. The molecular formula is C22H15ClN2O4. The molecule has 0 N–H and O–H groups in total. The summed E-state index contributed by atoms with van der Waals surface area (Å²) in [6.07, 6.45) is 0. The Morgan fingerprint density at radius 3 is 2.55 bits per heavy atom. The lowest BCUT2D eigenvalue weighted by atomic mass is 9.84. The Morgan fingerprint density at radius 2 is 1.76 bits per heavy atom. The average molecular weight is 407 g/mol. The molecule has 2 aromatic heterocycles. The van der Waals surface area contributed by atoms with Crippen molar-refractivity contribution < 1.29 is 9.15 Å². The third kappa shape index (κ3) is 2.53. The van der Waals surface area contributed by atoms with Crippen LogP contribution in [-0.2, 0) is 7.05 Å². The average Bonchev–Trinajstić information content (AvgIpc) is 2.71. The van der Waals surface area contributed by atoms with E-state index in [2.05, 4.69) is 4.98 Å². The highest BCUT2D eigenvalue weighted by Gasteiger charge is 2.38. The zero-order chi connectivity index (χ0) is 20.3. The van der Waals surface area contributed by atoms with Crippen molar-refractivity contribution in [1.29, 1.82) is 0 Å². The van der Waals surface area contributed by atoms with Crippen molar-refractivity contribution in [2.75, 3.05) is 0 Å². The number of hydrogen-bond acceptors (Lipinski definition) is 5. The molecule has 1 aliphatic rings. The minimum Gasteiger partial charge on any atom is -0.437 e. The monoisotopic (exact) mass is 406 g/mol. The van der Waals surface area contributed by atoms with E-state index in [1.165, 1.54) is 4.57 Å². The first-order valence-electron chi connectivity index (χ1n) is 9.03. The van der Waals surface area contributed by atoms with Crippen LogP contribution in [0.15, 0.2) is 62.5 Å². The molecule has 0 radical (unpaired) electrons. The van der Waals surface area contributed by atoms with Crippen LogP contribution in [0.25, 0.3) is 11.0 Å². The molecule has 2 aromatic carbocycles. The fourth-order valence-corrected chi connectivity index (χ4v) is 4.03. The highest BCUT2D eigenvalue weighted by molar-refractivity contribution is 6.31.